The van der Waals surface area contributed by atoms with E-state index in [1.54, 1.807) is 24.2 Å². The fourth-order valence-corrected chi connectivity index (χ4v) is 4.02. The van der Waals surface area contributed by atoms with Crippen LogP contribution in [0, 0.1) is 0 Å². The molecule has 0 amide bonds. The van der Waals surface area contributed by atoms with Crippen LogP contribution in [0.4, 0.5) is 0 Å². The number of halogens is 2. The van der Waals surface area contributed by atoms with Gasteiger partial charge in [0.1, 0.15) is 0 Å². The zero-order valence-electron chi connectivity index (χ0n) is 14.1. The molecule has 4 rings (SSSR count). The molecule has 0 atom stereocenters. The minimum Gasteiger partial charge on any atom is -0.270 e. The molecule has 0 aliphatic rings. The van der Waals surface area contributed by atoms with Gasteiger partial charge in [-0.2, -0.15) is 0 Å². The summed E-state index contributed by atoms with van der Waals surface area (Å²) < 4.78 is 3.09. The van der Waals surface area contributed by atoms with Crippen LogP contribution in [0.2, 0.25) is 5.02 Å². The van der Waals surface area contributed by atoms with Crippen molar-refractivity contribution in [3.63, 3.8) is 0 Å². The normalized spacial score (nSPS) is 10.9. The van der Waals surface area contributed by atoms with Gasteiger partial charge in [0.2, 0.25) is 0 Å². The molecule has 0 unspecified atom stereocenters. The van der Waals surface area contributed by atoms with Gasteiger partial charge in [0.25, 0.3) is 0 Å². The number of pyridine rings is 1. The second-order valence-electron chi connectivity index (χ2n) is 5.77. The number of aromatic nitrogens is 4. The lowest BCUT2D eigenvalue weighted by Crippen LogP contribution is -1.99. The number of hydrogen-bond acceptors (Lipinski definition) is 4. The summed E-state index contributed by atoms with van der Waals surface area (Å²) in [6, 6.07) is 19.8. The Bertz CT molecular complexity index is 1050. The zero-order chi connectivity index (χ0) is 18.6. The van der Waals surface area contributed by atoms with E-state index in [2.05, 4.69) is 41.7 Å². The molecule has 7 heteroatoms. The van der Waals surface area contributed by atoms with Crippen molar-refractivity contribution < 1.29 is 0 Å². The molecule has 2 aromatic heterocycles. The van der Waals surface area contributed by atoms with E-state index in [4.69, 9.17) is 11.6 Å². The van der Waals surface area contributed by atoms with Gasteiger partial charge in [-0.1, -0.05) is 51.4 Å². The van der Waals surface area contributed by atoms with Crippen molar-refractivity contribution in [1.82, 2.24) is 19.7 Å². The minimum absolute atomic E-state index is 0.736. The van der Waals surface area contributed by atoms with E-state index >= 15 is 0 Å². The van der Waals surface area contributed by atoms with Crippen molar-refractivity contribution in [2.24, 2.45) is 0 Å². The molecule has 0 aliphatic heterocycles. The molecule has 0 spiro atoms. The van der Waals surface area contributed by atoms with Crippen LogP contribution in [0.5, 0.6) is 0 Å². The number of thioether (sulfide) groups is 1. The van der Waals surface area contributed by atoms with Crippen LogP contribution in [0.15, 0.2) is 82.7 Å². The van der Waals surface area contributed by atoms with Gasteiger partial charge in [-0.15, -0.1) is 10.2 Å². The van der Waals surface area contributed by atoms with Gasteiger partial charge in [0.15, 0.2) is 11.0 Å². The summed E-state index contributed by atoms with van der Waals surface area (Å²) in [6.45, 7) is 0. The molecule has 4 nitrogen and oxygen atoms in total. The molecule has 134 valence electrons. The van der Waals surface area contributed by atoms with Gasteiger partial charge in [-0.3, -0.25) is 9.55 Å². The Hall–Kier alpha value is -2.15. The summed E-state index contributed by atoms with van der Waals surface area (Å²) >= 11 is 11.2. The Balaban J connectivity index is 1.73. The predicted molar refractivity (Wildman–Crippen MR) is 113 cm³/mol. The average Bonchev–Trinajstić information content (AvgIpc) is 3.12. The van der Waals surface area contributed by atoms with Gasteiger partial charge in [0.05, 0.1) is 0 Å². The highest BCUT2D eigenvalue weighted by atomic mass is 79.9. The maximum Gasteiger partial charge on any atom is 0.196 e. The highest BCUT2D eigenvalue weighted by Crippen LogP contribution is 2.30. The van der Waals surface area contributed by atoms with Gasteiger partial charge in [-0.25, -0.2) is 0 Å². The van der Waals surface area contributed by atoms with Gasteiger partial charge < -0.3 is 0 Å². The summed E-state index contributed by atoms with van der Waals surface area (Å²) in [7, 11) is 0. The van der Waals surface area contributed by atoms with Crippen molar-refractivity contribution >= 4 is 39.3 Å². The van der Waals surface area contributed by atoms with Gasteiger partial charge in [-0.05, 0) is 54.1 Å². The Morgan fingerprint density at radius 2 is 1.74 bits per heavy atom. The third-order valence-electron chi connectivity index (χ3n) is 3.91. The molecule has 4 aromatic rings. The lowest BCUT2D eigenvalue weighted by atomic mass is 10.2. The third-order valence-corrected chi connectivity index (χ3v) is 5.68. The van der Waals surface area contributed by atoms with Crippen LogP contribution >= 0.6 is 39.3 Å². The minimum atomic E-state index is 0.736. The number of benzene rings is 2. The van der Waals surface area contributed by atoms with Crippen molar-refractivity contribution in [2.45, 2.75) is 10.9 Å². The van der Waals surface area contributed by atoms with Crippen LogP contribution in [0.1, 0.15) is 5.56 Å². The molecule has 0 saturated carbocycles. The first-order valence-electron chi connectivity index (χ1n) is 8.20. The van der Waals surface area contributed by atoms with E-state index in [0.29, 0.717) is 0 Å². The van der Waals surface area contributed by atoms with E-state index in [0.717, 1.165) is 43.0 Å². The van der Waals surface area contributed by atoms with Crippen LogP contribution in [0.3, 0.4) is 0 Å². The first kappa shape index (κ1) is 18.2. The van der Waals surface area contributed by atoms with E-state index in [1.807, 2.05) is 54.6 Å². The first-order valence-corrected chi connectivity index (χ1v) is 10.4. The monoisotopic (exact) mass is 456 g/mol. The number of rotatable bonds is 5. The standard InChI is InChI=1S/C20H14BrClN4S/c21-16-4-6-18(7-5-16)26-19(15-8-10-23-11-9-15)24-25-20(26)27-13-14-2-1-3-17(22)12-14/h1-12H,13H2. The summed E-state index contributed by atoms with van der Waals surface area (Å²) in [6.07, 6.45) is 3.52. The Labute approximate surface area is 174 Å². The predicted octanol–water partition coefficient (Wildman–Crippen LogP) is 6.04. The maximum absolute atomic E-state index is 6.10. The van der Waals surface area contributed by atoms with E-state index in [1.165, 1.54) is 0 Å². The van der Waals surface area contributed by atoms with Crippen LogP contribution < -0.4 is 0 Å². The van der Waals surface area contributed by atoms with Crippen molar-refractivity contribution in [1.29, 1.82) is 0 Å². The Kier molecular flexibility index (Phi) is 5.57. The average molecular weight is 458 g/mol. The largest absolute Gasteiger partial charge is 0.270 e. The molecule has 2 aromatic carbocycles. The fourth-order valence-electron chi connectivity index (χ4n) is 2.65. The van der Waals surface area contributed by atoms with Crippen LogP contribution in [-0.2, 0) is 5.75 Å². The molecule has 27 heavy (non-hydrogen) atoms. The molecular weight excluding hydrogens is 444 g/mol. The van der Waals surface area contributed by atoms with E-state index in [9.17, 15) is 0 Å². The molecule has 2 heterocycles. The second-order valence-corrected chi connectivity index (χ2v) is 8.07. The highest BCUT2D eigenvalue weighted by molar-refractivity contribution is 9.10. The quantitative estimate of drug-likeness (QED) is 0.343. The summed E-state index contributed by atoms with van der Waals surface area (Å²) in [5, 5.41) is 10.4. The van der Waals surface area contributed by atoms with Gasteiger partial charge in [0, 0.05) is 38.9 Å². The lowest BCUT2D eigenvalue weighted by Gasteiger charge is -2.10. The van der Waals surface area contributed by atoms with Crippen LogP contribution in [0.25, 0.3) is 17.1 Å². The Morgan fingerprint density at radius 3 is 2.48 bits per heavy atom. The SMILES string of the molecule is Clc1cccc(CSc2nnc(-c3ccncc3)n2-c2ccc(Br)cc2)c1. The lowest BCUT2D eigenvalue weighted by molar-refractivity contribution is 0.885. The molecule has 0 saturated heterocycles. The third kappa shape index (κ3) is 4.24. The topological polar surface area (TPSA) is 43.6 Å². The van der Waals surface area contributed by atoms with Gasteiger partial charge >= 0.3 is 0 Å². The highest BCUT2D eigenvalue weighted by Gasteiger charge is 2.16. The van der Waals surface area contributed by atoms with Crippen molar-refractivity contribution in [2.75, 3.05) is 0 Å². The molecular formula is C20H14BrClN4S. The van der Waals surface area contributed by atoms with Crippen LogP contribution in [-0.4, -0.2) is 19.7 Å². The maximum atomic E-state index is 6.10. The summed E-state index contributed by atoms with van der Waals surface area (Å²) in [4.78, 5) is 4.09. The Morgan fingerprint density at radius 1 is 0.963 bits per heavy atom. The number of hydrogen-bond donors (Lipinski definition) is 0. The van der Waals surface area contributed by atoms with Crippen molar-refractivity contribution in [3.8, 4) is 17.1 Å². The van der Waals surface area contributed by atoms with E-state index < -0.39 is 0 Å². The summed E-state index contributed by atoms with van der Waals surface area (Å²) in [5.74, 6) is 1.54. The zero-order valence-corrected chi connectivity index (χ0v) is 17.2. The van der Waals surface area contributed by atoms with Crippen molar-refractivity contribution in [3.05, 3.63) is 88.1 Å². The first-order chi connectivity index (χ1) is 13.2. The fraction of sp³-hybridized carbons (Fsp3) is 0.0500. The number of nitrogens with zero attached hydrogens (tertiary/aromatic N) is 4. The molecule has 0 bridgehead atoms. The smallest absolute Gasteiger partial charge is 0.196 e. The molecule has 0 N–H and O–H groups in total. The summed E-state index contributed by atoms with van der Waals surface area (Å²) in [5.41, 5.74) is 3.11. The second kappa shape index (κ2) is 8.25. The molecule has 0 radical (unpaired) electrons. The molecule has 0 fully saturated rings. The molecule has 0 aliphatic carbocycles. The van der Waals surface area contributed by atoms with E-state index in [-0.39, 0.29) is 0 Å².